The van der Waals surface area contributed by atoms with Gasteiger partial charge >= 0.3 is 0 Å². The van der Waals surface area contributed by atoms with Gasteiger partial charge in [-0.1, -0.05) is 38.1 Å². The lowest BCUT2D eigenvalue weighted by Gasteiger charge is -2.43. The number of halogens is 1. The highest BCUT2D eigenvalue weighted by atomic mass is 32.1. The number of phenolic OH excluding ortho intramolecular Hbond substituents is 1. The number of aromatic hydroxyl groups is 1. The fourth-order valence-electron chi connectivity index (χ4n) is 11.4. The lowest BCUT2D eigenvalue weighted by Crippen LogP contribution is -2.54. The van der Waals surface area contributed by atoms with Crippen LogP contribution in [0.25, 0.3) is 21.7 Å². The Kier molecular flexibility index (Phi) is 15.7. The number of thiazole rings is 1. The van der Waals surface area contributed by atoms with E-state index in [-0.39, 0.29) is 72.0 Å². The van der Waals surface area contributed by atoms with Gasteiger partial charge in [0.1, 0.15) is 36.7 Å². The summed E-state index contributed by atoms with van der Waals surface area (Å²) in [7, 11) is 0. The van der Waals surface area contributed by atoms with Gasteiger partial charge in [-0.3, -0.25) is 19.4 Å². The van der Waals surface area contributed by atoms with Crippen LogP contribution in [0.3, 0.4) is 0 Å². The third-order valence-corrected chi connectivity index (χ3v) is 16.4. The molecule has 4 aliphatic heterocycles. The summed E-state index contributed by atoms with van der Waals surface area (Å²) >= 11 is 1.59. The van der Waals surface area contributed by atoms with Crippen LogP contribution < -0.4 is 30.3 Å². The summed E-state index contributed by atoms with van der Waals surface area (Å²) in [6.45, 7) is 16.3. The second-order valence-electron chi connectivity index (χ2n) is 20.9. The molecule has 0 radical (unpaired) electrons. The third kappa shape index (κ3) is 11.4. The van der Waals surface area contributed by atoms with E-state index in [1.807, 2.05) is 69.6 Å². The number of hydrogen-bond donors (Lipinski definition) is 4. The lowest BCUT2D eigenvalue weighted by atomic mass is 9.91. The SMILES string of the molecule is Cc1ncsc1-c1ccc([C@H](C)NC(=O)[C@@H]2C[C@@H](O)CN2C(=O)[C@@H](c2cc(OCCN3CCN(CCOc4cc(N5C6CCC5CN(c5cc(-c7cc(F)ccc7O)nnc5N)C6)ccn4)[C@H](C)C3)no2)C(C)C)cc1. The van der Waals surface area contributed by atoms with Gasteiger partial charge in [-0.25, -0.2) is 14.4 Å². The van der Waals surface area contributed by atoms with Crippen molar-refractivity contribution in [1.29, 1.82) is 0 Å². The number of nitrogen functional groups attached to an aromatic ring is 1. The first-order valence-electron chi connectivity index (χ1n) is 26.3. The summed E-state index contributed by atoms with van der Waals surface area (Å²) < 4.78 is 32.2. The molecule has 4 saturated heterocycles. The summed E-state index contributed by atoms with van der Waals surface area (Å²) in [4.78, 5) is 49.0. The number of benzene rings is 2. The molecule has 4 fully saturated rings. The minimum atomic E-state index is -0.839. The average molecular weight is 1060 g/mol. The topological polar surface area (TPSA) is 225 Å². The lowest BCUT2D eigenvalue weighted by molar-refractivity contribution is -0.141. The minimum Gasteiger partial charge on any atom is -0.507 e. The van der Waals surface area contributed by atoms with E-state index in [0.29, 0.717) is 61.7 Å². The number of nitrogens with one attached hydrogen (secondary N) is 1. The molecule has 8 heterocycles. The van der Waals surface area contributed by atoms with Crippen LogP contribution in [0, 0.1) is 18.7 Å². The summed E-state index contributed by atoms with van der Waals surface area (Å²) in [6.07, 6.45) is 3.13. The van der Waals surface area contributed by atoms with Crippen molar-refractivity contribution in [3.8, 4) is 39.2 Å². The summed E-state index contributed by atoms with van der Waals surface area (Å²) in [6, 6.07) is 18.8. The Hall–Kier alpha value is -6.94. The molecule has 2 aromatic carbocycles. The first kappa shape index (κ1) is 52.5. The molecule has 0 aliphatic carbocycles. The molecule has 402 valence electrons. The van der Waals surface area contributed by atoms with E-state index in [1.54, 1.807) is 29.7 Å². The first-order chi connectivity index (χ1) is 36.7. The van der Waals surface area contributed by atoms with Gasteiger partial charge in [-0.15, -0.1) is 21.5 Å². The van der Waals surface area contributed by atoms with Crippen molar-refractivity contribution in [3.05, 3.63) is 101 Å². The summed E-state index contributed by atoms with van der Waals surface area (Å²) in [5, 5.41) is 36.7. The quantitative estimate of drug-likeness (QED) is 0.0743. The number of nitrogens with two attached hydrogens (primary N) is 1. The number of aryl methyl sites for hydroxylation is 1. The Morgan fingerprint density at radius 1 is 0.921 bits per heavy atom. The van der Waals surface area contributed by atoms with E-state index in [1.165, 1.54) is 23.1 Å². The van der Waals surface area contributed by atoms with Crippen molar-refractivity contribution >= 4 is 40.3 Å². The van der Waals surface area contributed by atoms with Gasteiger partial charge in [0, 0.05) is 106 Å². The number of amides is 2. The molecule has 76 heavy (non-hydrogen) atoms. The Balaban J connectivity index is 0.667. The largest absolute Gasteiger partial charge is 0.507 e. The molecule has 0 saturated carbocycles. The predicted octanol–water partition coefficient (Wildman–Crippen LogP) is 6.29. The van der Waals surface area contributed by atoms with Crippen molar-refractivity contribution in [2.75, 3.05) is 81.1 Å². The zero-order chi connectivity index (χ0) is 53.2. The molecule has 7 atom stereocenters. The van der Waals surface area contributed by atoms with Crippen molar-refractivity contribution in [2.24, 2.45) is 5.92 Å². The second kappa shape index (κ2) is 22.7. The van der Waals surface area contributed by atoms with Crippen LogP contribution in [-0.4, -0.2) is 158 Å². The van der Waals surface area contributed by atoms with Crippen LogP contribution in [0.2, 0.25) is 0 Å². The zero-order valence-corrected chi connectivity index (χ0v) is 44.4. The number of carbonyl (C=O) groups excluding carboxylic acids is 2. The fraction of sp³-hybridized carbons (Fsp3) is 0.473. The van der Waals surface area contributed by atoms with E-state index < -0.39 is 23.9 Å². The Morgan fingerprint density at radius 3 is 2.42 bits per heavy atom. The van der Waals surface area contributed by atoms with E-state index in [9.17, 15) is 24.2 Å². The fourth-order valence-corrected chi connectivity index (χ4v) is 12.2. The predicted molar refractivity (Wildman–Crippen MR) is 287 cm³/mol. The van der Waals surface area contributed by atoms with Gasteiger partial charge in [-0.05, 0) is 86.1 Å². The van der Waals surface area contributed by atoms with E-state index in [0.717, 1.165) is 66.4 Å². The van der Waals surface area contributed by atoms with Crippen molar-refractivity contribution in [1.82, 2.24) is 45.3 Å². The first-order valence-corrected chi connectivity index (χ1v) is 27.1. The minimum absolute atomic E-state index is 0.0439. The number of aromatic nitrogens is 5. The van der Waals surface area contributed by atoms with Crippen LogP contribution in [-0.2, 0) is 9.59 Å². The molecule has 19 nitrogen and oxygen atoms in total. The Labute approximate surface area is 445 Å². The van der Waals surface area contributed by atoms with E-state index >= 15 is 0 Å². The number of carbonyl (C=O) groups is 2. The molecule has 4 aliphatic rings. The number of ether oxygens (including phenoxy) is 2. The molecular formula is C55H67FN12O7S. The average Bonchev–Trinajstić information content (AvgIpc) is 4.23. The van der Waals surface area contributed by atoms with E-state index in [4.69, 9.17) is 19.7 Å². The third-order valence-electron chi connectivity index (χ3n) is 15.4. The smallest absolute Gasteiger partial charge is 0.254 e. The molecule has 21 heteroatoms. The normalized spacial score (nSPS) is 21.8. The number of rotatable bonds is 18. The van der Waals surface area contributed by atoms with Crippen LogP contribution in [0.5, 0.6) is 17.5 Å². The molecule has 5 N–H and O–H groups in total. The highest BCUT2D eigenvalue weighted by molar-refractivity contribution is 7.13. The molecule has 2 bridgehead atoms. The van der Waals surface area contributed by atoms with Crippen molar-refractivity contribution in [2.45, 2.75) is 96.1 Å². The number of piperazine rings is 2. The number of anilines is 3. The number of likely N-dealkylation sites (tertiary alicyclic amines) is 1. The van der Waals surface area contributed by atoms with Gasteiger partial charge in [0.05, 0.1) is 39.6 Å². The van der Waals surface area contributed by atoms with Crippen LogP contribution >= 0.6 is 11.3 Å². The molecule has 0 spiro atoms. The maximum atomic E-state index is 14.3. The Morgan fingerprint density at radius 2 is 1.68 bits per heavy atom. The van der Waals surface area contributed by atoms with Crippen LogP contribution in [0.15, 0.2) is 83.0 Å². The standard InChI is InChI=1S/C55H67FN12O7S/c1-32(2)51(55(72)67-30-42(69)24-46(67)54(71)60-34(4)36-6-8-37(9-7-36)52-35(5)59-31-76-52)48-26-50(63-75-48)74-20-18-64-16-17-65(33(3)27-64)19-21-73-49-23-39(14-15-58-49)68-40-11-12-41(68)29-66(28-40)45-25-44(61-62-53(45)57)43-22-38(56)10-13-47(43)70/h6-10,13-15,22-23,25-26,31-34,40-42,46,51,69-70H,11-12,16-21,24,27-30H2,1-5H3,(H2,57,62)(H,60,71)/t33-,34+,40?,41?,42-,46+,51-/m1/s1. The van der Waals surface area contributed by atoms with E-state index in [2.05, 4.69) is 57.2 Å². The summed E-state index contributed by atoms with van der Waals surface area (Å²) in [5.41, 5.74) is 13.5. The van der Waals surface area contributed by atoms with Gasteiger partial charge in [0.2, 0.25) is 17.7 Å². The van der Waals surface area contributed by atoms with Crippen LogP contribution in [0.1, 0.15) is 75.9 Å². The number of nitrogens with zero attached hydrogens (tertiary/aromatic N) is 10. The van der Waals surface area contributed by atoms with Crippen molar-refractivity contribution in [3.63, 3.8) is 0 Å². The number of aliphatic hydroxyl groups excluding tert-OH is 1. The monoisotopic (exact) mass is 1060 g/mol. The number of aliphatic hydroxyl groups is 1. The highest BCUT2D eigenvalue weighted by Crippen LogP contribution is 2.40. The number of phenols is 1. The molecular weight excluding hydrogens is 992 g/mol. The number of pyridine rings is 1. The Bertz CT molecular complexity index is 2980. The van der Waals surface area contributed by atoms with Crippen molar-refractivity contribution < 1.29 is 38.2 Å². The molecule has 10 rings (SSSR count). The maximum Gasteiger partial charge on any atom is 0.254 e. The van der Waals surface area contributed by atoms with Crippen LogP contribution in [0.4, 0.5) is 21.6 Å². The molecule has 2 unspecified atom stereocenters. The molecule has 6 aromatic rings. The molecule has 2 amide bonds. The number of hydrogen-bond acceptors (Lipinski definition) is 18. The second-order valence-corrected chi connectivity index (χ2v) is 21.8. The van der Waals surface area contributed by atoms with Gasteiger partial charge in [0.25, 0.3) is 5.88 Å². The van der Waals surface area contributed by atoms with Gasteiger partial charge in [-0.2, -0.15) is 0 Å². The van der Waals surface area contributed by atoms with Gasteiger partial charge < -0.3 is 50.0 Å². The number of fused-ring (bicyclic) bond motifs is 2. The molecule has 4 aromatic heterocycles. The zero-order valence-electron chi connectivity index (χ0n) is 43.6. The number of β-amino-alcohol motifs (C(OH)–C–C–N with tert-alkyl or cyclic N) is 1. The van der Waals surface area contributed by atoms with Gasteiger partial charge in [0.15, 0.2) is 11.6 Å². The highest BCUT2D eigenvalue weighted by Gasteiger charge is 2.44. The maximum absolute atomic E-state index is 14.3. The summed E-state index contributed by atoms with van der Waals surface area (Å²) in [5.74, 6) is -0.591.